The molecule has 0 saturated carbocycles. The third kappa shape index (κ3) is 2.91. The highest BCUT2D eigenvalue weighted by Gasteiger charge is 2.10. The van der Waals surface area contributed by atoms with Crippen molar-refractivity contribution < 1.29 is 4.79 Å². The maximum Gasteiger partial charge on any atom is 0.217 e. The highest BCUT2D eigenvalue weighted by Crippen LogP contribution is 2.15. The average molecular weight is 188 g/mol. The molecule has 0 fully saturated rings. The fraction of sp³-hybridized carbons (Fsp3) is 0.273. The van der Waals surface area contributed by atoms with Gasteiger partial charge in [0.1, 0.15) is 0 Å². The first kappa shape index (κ1) is 10.3. The van der Waals surface area contributed by atoms with Crippen molar-refractivity contribution in [2.24, 2.45) is 0 Å². The molecule has 1 amide bonds. The highest BCUT2D eigenvalue weighted by atomic mass is 16.1. The van der Waals surface area contributed by atoms with Crippen LogP contribution in [0.5, 0.6) is 0 Å². The predicted molar refractivity (Wildman–Crippen MR) is 53.2 cm³/mol. The van der Waals surface area contributed by atoms with Crippen LogP contribution in [0.3, 0.4) is 0 Å². The second-order valence-corrected chi connectivity index (χ2v) is 3.03. The van der Waals surface area contributed by atoms with Gasteiger partial charge in [-0.15, -0.1) is 0 Å². The number of nitrogens with zero attached hydrogens (tertiary/aromatic N) is 1. The molecule has 1 aromatic rings. The van der Waals surface area contributed by atoms with E-state index < -0.39 is 0 Å². The normalized spacial score (nSPS) is 11.4. The van der Waals surface area contributed by atoms with E-state index in [-0.39, 0.29) is 11.9 Å². The van der Waals surface area contributed by atoms with Gasteiger partial charge in [0, 0.05) is 6.92 Å². The maximum absolute atomic E-state index is 10.9. The van der Waals surface area contributed by atoms with E-state index in [0.717, 1.165) is 5.56 Å². The van der Waals surface area contributed by atoms with E-state index in [1.807, 2.05) is 30.3 Å². The maximum atomic E-state index is 10.9. The summed E-state index contributed by atoms with van der Waals surface area (Å²) in [5, 5.41) is 11.3. The van der Waals surface area contributed by atoms with Gasteiger partial charge in [0.15, 0.2) is 0 Å². The Balaban J connectivity index is 2.78. The van der Waals surface area contributed by atoms with E-state index in [4.69, 9.17) is 5.26 Å². The fourth-order valence-electron chi connectivity index (χ4n) is 1.27. The van der Waals surface area contributed by atoms with Gasteiger partial charge in [-0.25, -0.2) is 0 Å². The molecule has 0 spiro atoms. The van der Waals surface area contributed by atoms with Gasteiger partial charge in [-0.1, -0.05) is 30.3 Å². The average Bonchev–Trinajstić information content (AvgIpc) is 2.18. The molecule has 14 heavy (non-hydrogen) atoms. The Labute approximate surface area is 83.4 Å². The van der Waals surface area contributed by atoms with Crippen LogP contribution in [-0.4, -0.2) is 5.91 Å². The van der Waals surface area contributed by atoms with Crippen molar-refractivity contribution >= 4 is 5.91 Å². The molecule has 1 unspecified atom stereocenters. The van der Waals surface area contributed by atoms with Crippen molar-refractivity contribution in [1.29, 1.82) is 5.26 Å². The molecule has 1 aromatic carbocycles. The Bertz CT molecular complexity index is 340. The summed E-state index contributed by atoms with van der Waals surface area (Å²) in [5.41, 5.74) is 0.962. The third-order valence-corrected chi connectivity index (χ3v) is 1.87. The Hall–Kier alpha value is -1.82. The monoisotopic (exact) mass is 188 g/mol. The molecule has 0 heterocycles. The van der Waals surface area contributed by atoms with Crippen LogP contribution in [0.15, 0.2) is 30.3 Å². The number of nitriles is 1. The van der Waals surface area contributed by atoms with Crippen molar-refractivity contribution in [2.75, 3.05) is 0 Å². The summed E-state index contributed by atoms with van der Waals surface area (Å²) in [6.45, 7) is 1.45. The van der Waals surface area contributed by atoms with Gasteiger partial charge in [0.25, 0.3) is 0 Å². The molecule has 1 rings (SSSR count). The van der Waals surface area contributed by atoms with Crippen LogP contribution in [-0.2, 0) is 4.79 Å². The molecule has 0 aliphatic carbocycles. The molecule has 0 bridgehead atoms. The van der Waals surface area contributed by atoms with Gasteiger partial charge in [-0.05, 0) is 5.56 Å². The van der Waals surface area contributed by atoms with Crippen molar-refractivity contribution in [2.45, 2.75) is 19.4 Å². The first-order valence-electron chi connectivity index (χ1n) is 4.43. The molecule has 0 aliphatic rings. The lowest BCUT2D eigenvalue weighted by Crippen LogP contribution is -2.25. The van der Waals surface area contributed by atoms with Crippen LogP contribution in [0.1, 0.15) is 24.9 Å². The zero-order chi connectivity index (χ0) is 10.4. The summed E-state index contributed by atoms with van der Waals surface area (Å²) in [5.74, 6) is -0.117. The van der Waals surface area contributed by atoms with Gasteiger partial charge in [-0.3, -0.25) is 4.79 Å². The summed E-state index contributed by atoms with van der Waals surface area (Å²) in [6.07, 6.45) is 0.295. The minimum atomic E-state index is -0.196. The summed E-state index contributed by atoms with van der Waals surface area (Å²) in [7, 11) is 0. The minimum Gasteiger partial charge on any atom is -0.348 e. The molecular formula is C11H12N2O. The molecule has 0 saturated heterocycles. The van der Waals surface area contributed by atoms with E-state index in [1.54, 1.807) is 0 Å². The van der Waals surface area contributed by atoms with E-state index >= 15 is 0 Å². The van der Waals surface area contributed by atoms with Gasteiger partial charge in [0.2, 0.25) is 5.91 Å². The highest BCUT2D eigenvalue weighted by molar-refractivity contribution is 5.73. The molecule has 1 atom stereocenters. The van der Waals surface area contributed by atoms with Gasteiger partial charge in [0.05, 0.1) is 18.5 Å². The zero-order valence-corrected chi connectivity index (χ0v) is 8.03. The molecule has 3 heteroatoms. The topological polar surface area (TPSA) is 52.9 Å². The van der Waals surface area contributed by atoms with E-state index in [0.29, 0.717) is 6.42 Å². The zero-order valence-electron chi connectivity index (χ0n) is 8.03. The fourth-order valence-corrected chi connectivity index (χ4v) is 1.27. The van der Waals surface area contributed by atoms with Crippen LogP contribution in [0, 0.1) is 11.3 Å². The number of rotatable bonds is 3. The number of amides is 1. The number of nitrogens with one attached hydrogen (secondary N) is 1. The quantitative estimate of drug-likeness (QED) is 0.786. The molecule has 0 aliphatic heterocycles. The smallest absolute Gasteiger partial charge is 0.217 e. The SMILES string of the molecule is CC(=O)NC(CC#N)c1ccccc1. The van der Waals surface area contributed by atoms with Crippen molar-refractivity contribution in [3.63, 3.8) is 0 Å². The van der Waals surface area contributed by atoms with Crippen LogP contribution in [0.2, 0.25) is 0 Å². The van der Waals surface area contributed by atoms with Crippen LogP contribution in [0.25, 0.3) is 0 Å². The van der Waals surface area contributed by atoms with Crippen LogP contribution in [0.4, 0.5) is 0 Å². The number of hydrogen-bond donors (Lipinski definition) is 1. The molecule has 0 radical (unpaired) electrons. The Morgan fingerprint density at radius 3 is 2.64 bits per heavy atom. The predicted octanol–water partition coefficient (Wildman–Crippen LogP) is 1.78. The number of carbonyl (C=O) groups excluding carboxylic acids is 1. The van der Waals surface area contributed by atoms with Gasteiger partial charge in [-0.2, -0.15) is 5.26 Å². The van der Waals surface area contributed by atoms with Crippen molar-refractivity contribution in [1.82, 2.24) is 5.32 Å². The number of benzene rings is 1. The van der Waals surface area contributed by atoms with Crippen LogP contribution < -0.4 is 5.32 Å². The van der Waals surface area contributed by atoms with E-state index in [2.05, 4.69) is 11.4 Å². The molecular weight excluding hydrogens is 176 g/mol. The first-order valence-corrected chi connectivity index (χ1v) is 4.43. The lowest BCUT2D eigenvalue weighted by atomic mass is 10.0. The third-order valence-electron chi connectivity index (χ3n) is 1.87. The first-order chi connectivity index (χ1) is 6.74. The molecule has 72 valence electrons. The van der Waals surface area contributed by atoms with E-state index in [9.17, 15) is 4.79 Å². The largest absolute Gasteiger partial charge is 0.348 e. The Kier molecular flexibility index (Phi) is 3.69. The Morgan fingerprint density at radius 2 is 2.14 bits per heavy atom. The lowest BCUT2D eigenvalue weighted by Gasteiger charge is -2.14. The molecule has 0 aromatic heterocycles. The van der Waals surface area contributed by atoms with Crippen LogP contribution >= 0.6 is 0 Å². The number of carbonyl (C=O) groups is 1. The second-order valence-electron chi connectivity index (χ2n) is 3.03. The number of hydrogen-bond acceptors (Lipinski definition) is 2. The summed E-state index contributed by atoms with van der Waals surface area (Å²) in [6, 6.07) is 11.3. The summed E-state index contributed by atoms with van der Waals surface area (Å²) >= 11 is 0. The summed E-state index contributed by atoms with van der Waals surface area (Å²) < 4.78 is 0. The minimum absolute atomic E-state index is 0.117. The molecule has 1 N–H and O–H groups in total. The second kappa shape index (κ2) is 5.03. The Morgan fingerprint density at radius 1 is 1.50 bits per heavy atom. The van der Waals surface area contributed by atoms with Gasteiger partial charge < -0.3 is 5.32 Å². The molecule has 3 nitrogen and oxygen atoms in total. The standard InChI is InChI=1S/C11H12N2O/c1-9(14)13-11(7-8-12)10-5-3-2-4-6-10/h2-6,11H,7H2,1H3,(H,13,14). The van der Waals surface area contributed by atoms with Gasteiger partial charge >= 0.3 is 0 Å². The van der Waals surface area contributed by atoms with Crippen molar-refractivity contribution in [3.05, 3.63) is 35.9 Å². The lowest BCUT2D eigenvalue weighted by molar-refractivity contribution is -0.119. The van der Waals surface area contributed by atoms with E-state index in [1.165, 1.54) is 6.92 Å². The van der Waals surface area contributed by atoms with Crippen molar-refractivity contribution in [3.8, 4) is 6.07 Å². The summed E-state index contributed by atoms with van der Waals surface area (Å²) in [4.78, 5) is 10.9.